The van der Waals surface area contributed by atoms with Crippen LogP contribution in [0.1, 0.15) is 47.8 Å². The number of phenols is 6. The molecule has 15 nitrogen and oxygen atoms in total. The van der Waals surface area contributed by atoms with Crippen LogP contribution in [0.25, 0.3) is 0 Å². The van der Waals surface area contributed by atoms with Crippen LogP contribution in [0.2, 0.25) is 0 Å². The molecule has 45 heavy (non-hydrogen) atoms. The first kappa shape index (κ1) is 31.4. The van der Waals surface area contributed by atoms with Gasteiger partial charge in [0.1, 0.15) is 0 Å². The Labute approximate surface area is 253 Å². The van der Waals surface area contributed by atoms with Gasteiger partial charge in [-0.3, -0.25) is 24.5 Å². The van der Waals surface area contributed by atoms with E-state index in [-0.39, 0.29) is 39.9 Å². The molecule has 15 heteroatoms. The molecule has 4 rings (SSSR count). The maximum Gasteiger partial charge on any atom is 0.279 e. The number of benzene rings is 4. The van der Waals surface area contributed by atoms with Gasteiger partial charge in [-0.15, -0.1) is 0 Å². The average molecular weight is 619 g/mol. The molecule has 232 valence electrons. The van der Waals surface area contributed by atoms with Crippen LogP contribution in [0.3, 0.4) is 0 Å². The number of aromatic hydroxyl groups is 6. The second-order valence-electron chi connectivity index (χ2n) is 9.59. The van der Waals surface area contributed by atoms with Crippen LogP contribution in [-0.4, -0.2) is 53.3 Å². The summed E-state index contributed by atoms with van der Waals surface area (Å²) in [4.78, 5) is 49.7. The molecule has 0 aromatic heterocycles. The van der Waals surface area contributed by atoms with Crippen LogP contribution in [0.4, 0.5) is 5.69 Å². The van der Waals surface area contributed by atoms with Crippen LogP contribution in [0, 0.1) is 10.1 Å². The van der Waals surface area contributed by atoms with Gasteiger partial charge >= 0.3 is 0 Å². The van der Waals surface area contributed by atoms with E-state index in [1.165, 1.54) is 54.6 Å². The molecule has 0 fully saturated rings. The molecule has 0 saturated heterocycles. The summed E-state index contributed by atoms with van der Waals surface area (Å²) >= 11 is 0. The first-order valence-corrected chi connectivity index (χ1v) is 13.1. The van der Waals surface area contributed by atoms with Gasteiger partial charge in [0, 0.05) is 30.8 Å². The van der Waals surface area contributed by atoms with Gasteiger partial charge in [0.05, 0.1) is 21.6 Å². The molecule has 3 amide bonds. The van der Waals surface area contributed by atoms with Crippen molar-refractivity contribution >= 4 is 23.4 Å². The van der Waals surface area contributed by atoms with Gasteiger partial charge in [-0.1, -0.05) is 18.2 Å². The molecule has 4 aromatic rings. The normalized spacial score (nSPS) is 10.6. The molecule has 0 aliphatic rings. The Kier molecular flexibility index (Phi) is 9.22. The Morgan fingerprint density at radius 1 is 0.578 bits per heavy atom. The average Bonchev–Trinajstić information content (AvgIpc) is 3.01. The van der Waals surface area contributed by atoms with Gasteiger partial charge in [0.2, 0.25) is 0 Å². The maximum absolute atomic E-state index is 12.8. The molecule has 9 N–H and O–H groups in total. The zero-order valence-electron chi connectivity index (χ0n) is 23.1. The second kappa shape index (κ2) is 13.2. The molecule has 0 heterocycles. The van der Waals surface area contributed by atoms with Crippen LogP contribution in [-0.2, 0) is 19.6 Å². The summed E-state index contributed by atoms with van der Waals surface area (Å²) < 4.78 is 0. The smallest absolute Gasteiger partial charge is 0.279 e. The highest BCUT2D eigenvalue weighted by Gasteiger charge is 2.24. The van der Waals surface area contributed by atoms with Gasteiger partial charge in [-0.25, -0.2) is 0 Å². The summed E-state index contributed by atoms with van der Waals surface area (Å²) in [5, 5.41) is 78.8. The lowest BCUT2D eigenvalue weighted by Crippen LogP contribution is -2.26. The van der Waals surface area contributed by atoms with Crippen molar-refractivity contribution in [1.82, 2.24) is 16.0 Å². The first-order chi connectivity index (χ1) is 21.4. The number of para-hydroxylation sites is 3. The Bertz CT molecular complexity index is 1740. The van der Waals surface area contributed by atoms with Crippen LogP contribution in [0.5, 0.6) is 34.5 Å². The predicted octanol–water partition coefficient (Wildman–Crippen LogP) is 2.62. The van der Waals surface area contributed by atoms with Crippen molar-refractivity contribution in [3.8, 4) is 34.5 Å². The Balaban J connectivity index is 1.66. The van der Waals surface area contributed by atoms with E-state index in [2.05, 4.69) is 16.0 Å². The Hall–Kier alpha value is -6.51. The van der Waals surface area contributed by atoms with Crippen LogP contribution >= 0.6 is 0 Å². The molecule has 0 unspecified atom stereocenters. The lowest BCUT2D eigenvalue weighted by Gasteiger charge is -2.15. The summed E-state index contributed by atoms with van der Waals surface area (Å²) in [6.07, 6.45) is 0. The minimum absolute atomic E-state index is 0.0654. The van der Waals surface area contributed by atoms with Crippen molar-refractivity contribution in [3.05, 3.63) is 110 Å². The molecule has 0 aliphatic carbocycles. The van der Waals surface area contributed by atoms with Crippen molar-refractivity contribution in [2.45, 2.75) is 19.6 Å². The van der Waals surface area contributed by atoms with Crippen molar-refractivity contribution in [2.75, 3.05) is 0 Å². The number of nitro benzene ring substituents is 1. The molecular formula is C30H26N4O11. The zero-order valence-corrected chi connectivity index (χ0v) is 23.1. The molecular weight excluding hydrogens is 592 g/mol. The number of hydrogen-bond acceptors (Lipinski definition) is 11. The molecule has 0 atom stereocenters. The van der Waals surface area contributed by atoms with E-state index in [0.717, 1.165) is 12.1 Å². The fourth-order valence-corrected chi connectivity index (χ4v) is 4.40. The van der Waals surface area contributed by atoms with Gasteiger partial charge in [-0.2, -0.15) is 0 Å². The highest BCUT2D eigenvalue weighted by atomic mass is 16.6. The van der Waals surface area contributed by atoms with Gasteiger partial charge in [0.25, 0.3) is 23.4 Å². The van der Waals surface area contributed by atoms with Crippen LogP contribution < -0.4 is 16.0 Å². The minimum atomic E-state index is -0.870. The number of phenolic OH excluding ortho intramolecular Hbond substituents is 6. The number of nitrogens with zero attached hydrogens (tertiary/aromatic N) is 1. The second-order valence-corrected chi connectivity index (χ2v) is 9.59. The largest absolute Gasteiger partial charge is 0.504 e. The highest BCUT2D eigenvalue weighted by molar-refractivity contribution is 5.99. The highest BCUT2D eigenvalue weighted by Crippen LogP contribution is 2.31. The summed E-state index contributed by atoms with van der Waals surface area (Å²) in [7, 11) is 0. The fourth-order valence-electron chi connectivity index (χ4n) is 4.40. The third-order valence-electron chi connectivity index (χ3n) is 6.62. The summed E-state index contributed by atoms with van der Waals surface area (Å²) in [5.41, 5.74) is -1.21. The number of nitrogens with one attached hydrogen (secondary N) is 3. The van der Waals surface area contributed by atoms with E-state index >= 15 is 0 Å². The SMILES string of the molecule is O=C(NCc1cc(CNC(=O)c2cccc(O)c2O)c([N+](=O)[O-])c(CNC(=O)c2cccc(O)c2O)c1)c1cccc(O)c1O. The third kappa shape index (κ3) is 6.94. The fraction of sp³-hybridized carbons (Fsp3) is 0.100. The van der Waals surface area contributed by atoms with Gasteiger partial charge < -0.3 is 46.6 Å². The monoisotopic (exact) mass is 618 g/mol. The number of carbonyl (C=O) groups is 3. The molecule has 0 spiro atoms. The number of carbonyl (C=O) groups excluding carboxylic acids is 3. The minimum Gasteiger partial charge on any atom is -0.504 e. The third-order valence-corrected chi connectivity index (χ3v) is 6.62. The van der Waals surface area contributed by atoms with E-state index in [9.17, 15) is 55.1 Å². The Morgan fingerprint density at radius 2 is 0.911 bits per heavy atom. The number of amides is 3. The van der Waals surface area contributed by atoms with E-state index < -0.39 is 75.9 Å². The molecule has 0 saturated carbocycles. The quantitative estimate of drug-likeness (QED) is 0.0709. The zero-order chi connectivity index (χ0) is 32.8. The van der Waals surface area contributed by atoms with Crippen molar-refractivity contribution in [1.29, 1.82) is 0 Å². The lowest BCUT2D eigenvalue weighted by molar-refractivity contribution is -0.386. The lowest BCUT2D eigenvalue weighted by atomic mass is 10.0. The van der Waals surface area contributed by atoms with E-state index in [1.54, 1.807) is 0 Å². The first-order valence-electron chi connectivity index (χ1n) is 13.1. The van der Waals surface area contributed by atoms with Crippen molar-refractivity contribution < 1.29 is 49.9 Å². The molecule has 0 bridgehead atoms. The van der Waals surface area contributed by atoms with Gasteiger partial charge in [-0.05, 0) is 54.1 Å². The van der Waals surface area contributed by atoms with Gasteiger partial charge in [0.15, 0.2) is 34.5 Å². The molecule has 0 radical (unpaired) electrons. The standard InChI is InChI=1S/C30H26N4O11/c35-21-7-1-4-18(25(21)38)28(41)31-12-15-10-16(13-32-29(42)19-5-2-8-22(36)26(19)39)24(34(44)45)17(11-15)14-33-30(43)20-6-3-9-23(37)27(20)40/h1-11,35-40H,12-14H2,(H,31,41)(H,32,42)(H,33,43). The Morgan fingerprint density at radius 3 is 1.24 bits per heavy atom. The number of nitro groups is 1. The summed E-state index contributed by atoms with van der Waals surface area (Å²) in [6.45, 7) is -1.18. The molecule has 4 aromatic carbocycles. The van der Waals surface area contributed by atoms with Crippen molar-refractivity contribution in [2.24, 2.45) is 0 Å². The topological polar surface area (TPSA) is 252 Å². The van der Waals surface area contributed by atoms with E-state index in [1.807, 2.05) is 0 Å². The van der Waals surface area contributed by atoms with E-state index in [0.29, 0.717) is 0 Å². The predicted molar refractivity (Wildman–Crippen MR) is 156 cm³/mol. The summed E-state index contributed by atoms with van der Waals surface area (Å²) in [6, 6.07) is 13.8. The van der Waals surface area contributed by atoms with Crippen LogP contribution in [0.15, 0.2) is 66.7 Å². The number of hydrogen-bond donors (Lipinski definition) is 9. The number of rotatable bonds is 10. The molecule has 0 aliphatic heterocycles. The summed E-state index contributed by atoms with van der Waals surface area (Å²) in [5.74, 6) is -6.22. The van der Waals surface area contributed by atoms with E-state index in [4.69, 9.17) is 0 Å². The van der Waals surface area contributed by atoms with Crippen molar-refractivity contribution in [3.63, 3.8) is 0 Å². The maximum atomic E-state index is 12.8.